The van der Waals surface area contributed by atoms with Crippen molar-refractivity contribution in [3.05, 3.63) is 65.9 Å². The Morgan fingerprint density at radius 1 is 0.909 bits per heavy atom. The number of rotatable bonds is 11. The Balaban J connectivity index is 1.79. The average Bonchev–Trinajstić information content (AvgIpc) is 2.79. The van der Waals surface area contributed by atoms with Crippen molar-refractivity contribution < 1.29 is 17.9 Å². The zero-order valence-electron chi connectivity index (χ0n) is 18.9. The fourth-order valence-electron chi connectivity index (χ4n) is 3.16. The number of nitrogens with zero attached hydrogens (tertiary/aromatic N) is 2. The summed E-state index contributed by atoms with van der Waals surface area (Å²) in [6.45, 7) is 4.83. The van der Waals surface area contributed by atoms with Crippen molar-refractivity contribution in [1.29, 1.82) is 0 Å². The first-order valence-corrected chi connectivity index (χ1v) is 11.2. The van der Waals surface area contributed by atoms with Crippen LogP contribution in [0.25, 0.3) is 0 Å². The van der Waals surface area contributed by atoms with Crippen LogP contribution in [0, 0.1) is 0 Å². The molecule has 5 nitrogen and oxygen atoms in total. The maximum absolute atomic E-state index is 13.6. The van der Waals surface area contributed by atoms with Crippen LogP contribution in [0.15, 0.2) is 54.7 Å². The molecule has 2 N–H and O–H groups in total. The van der Waals surface area contributed by atoms with Crippen LogP contribution < -0.4 is 15.4 Å². The number of hydrogen-bond donors (Lipinski definition) is 2. The van der Waals surface area contributed by atoms with Gasteiger partial charge in [0, 0.05) is 17.6 Å². The van der Waals surface area contributed by atoms with Crippen molar-refractivity contribution in [3.63, 3.8) is 0 Å². The number of aromatic nitrogens is 2. The molecule has 3 aromatic rings. The van der Waals surface area contributed by atoms with Gasteiger partial charge in [-0.1, -0.05) is 38.8 Å². The molecule has 0 spiro atoms. The summed E-state index contributed by atoms with van der Waals surface area (Å²) in [5, 5.41) is 5.79. The van der Waals surface area contributed by atoms with Gasteiger partial charge in [-0.05, 0) is 61.2 Å². The average molecular weight is 459 g/mol. The summed E-state index contributed by atoms with van der Waals surface area (Å²) in [5.41, 5.74) is 1.33. The number of hydrogen-bond acceptors (Lipinski definition) is 5. The molecule has 176 valence electrons. The highest BCUT2D eigenvalue weighted by molar-refractivity contribution is 5.63. The van der Waals surface area contributed by atoms with Crippen molar-refractivity contribution in [2.75, 3.05) is 17.2 Å². The number of unbranched alkanes of at least 4 members (excludes halogenated alkanes) is 2. The Kier molecular flexibility index (Phi) is 8.52. The summed E-state index contributed by atoms with van der Waals surface area (Å²) in [4.78, 5) is 7.99. The molecule has 0 unspecified atom stereocenters. The molecule has 3 rings (SSSR count). The lowest BCUT2D eigenvalue weighted by atomic mass is 10.1. The Hall–Kier alpha value is -3.29. The second kappa shape index (κ2) is 11.5. The quantitative estimate of drug-likeness (QED) is 0.291. The molecule has 8 heteroatoms. The molecule has 0 aliphatic heterocycles. The van der Waals surface area contributed by atoms with Gasteiger partial charge in [-0.25, -0.2) is 4.98 Å². The van der Waals surface area contributed by atoms with E-state index in [1.54, 1.807) is 30.3 Å². The number of anilines is 4. The van der Waals surface area contributed by atoms with Gasteiger partial charge in [0.25, 0.3) is 0 Å². The van der Waals surface area contributed by atoms with Crippen molar-refractivity contribution in [3.8, 4) is 5.75 Å². The highest BCUT2D eigenvalue weighted by atomic mass is 19.4. The largest absolute Gasteiger partial charge is 0.494 e. The topological polar surface area (TPSA) is 59.1 Å². The van der Waals surface area contributed by atoms with Crippen LogP contribution >= 0.6 is 0 Å². The first kappa shape index (κ1) is 24.4. The normalized spacial score (nSPS) is 11.3. The maximum atomic E-state index is 13.6. The molecule has 0 saturated heterocycles. The van der Waals surface area contributed by atoms with Crippen LogP contribution in [0.5, 0.6) is 5.75 Å². The highest BCUT2D eigenvalue weighted by Gasteiger charge is 2.35. The Morgan fingerprint density at radius 3 is 2.36 bits per heavy atom. The van der Waals surface area contributed by atoms with Crippen molar-refractivity contribution in [2.24, 2.45) is 0 Å². The zero-order valence-corrected chi connectivity index (χ0v) is 18.9. The maximum Gasteiger partial charge on any atom is 0.421 e. The van der Waals surface area contributed by atoms with Crippen LogP contribution in [0.4, 0.5) is 36.3 Å². The summed E-state index contributed by atoms with van der Waals surface area (Å²) in [6.07, 6.45) is 1.15. The molecule has 0 bridgehead atoms. The number of halogens is 3. The summed E-state index contributed by atoms with van der Waals surface area (Å²) in [5.74, 6) is 0.493. The van der Waals surface area contributed by atoms with Crippen LogP contribution in [0.2, 0.25) is 0 Å². The molecule has 2 aromatic carbocycles. The lowest BCUT2D eigenvalue weighted by Crippen LogP contribution is -2.12. The number of nitrogens with one attached hydrogen (secondary N) is 2. The molecule has 0 atom stereocenters. The van der Waals surface area contributed by atoms with Crippen LogP contribution in [-0.2, 0) is 12.6 Å². The lowest BCUT2D eigenvalue weighted by Gasteiger charge is -2.15. The summed E-state index contributed by atoms with van der Waals surface area (Å²) in [7, 11) is 0. The smallest absolute Gasteiger partial charge is 0.421 e. The standard InChI is InChI=1S/C25H29F3N4O/c1-3-5-8-18-9-7-10-20(16-18)30-23-22(25(26,27)28)17-29-24(32-23)31-19-11-13-21(14-12-19)33-15-6-4-2/h7,9-14,16-17H,3-6,8,15H2,1-2H3,(H2,29,30,31,32). The zero-order chi connectivity index (χ0) is 23.7. The van der Waals surface area contributed by atoms with Gasteiger partial charge in [0.15, 0.2) is 0 Å². The third-order valence-corrected chi connectivity index (χ3v) is 4.98. The molecular formula is C25H29F3N4O. The van der Waals surface area contributed by atoms with E-state index in [0.717, 1.165) is 49.6 Å². The molecule has 0 amide bonds. The van der Waals surface area contributed by atoms with Gasteiger partial charge in [-0.3, -0.25) is 0 Å². The minimum atomic E-state index is -4.59. The molecule has 1 heterocycles. The minimum absolute atomic E-state index is 0.0623. The molecule has 0 fully saturated rings. The molecule has 0 aliphatic rings. The summed E-state index contributed by atoms with van der Waals surface area (Å²) >= 11 is 0. The molecule has 0 radical (unpaired) electrons. The van der Waals surface area contributed by atoms with E-state index in [1.807, 2.05) is 18.2 Å². The lowest BCUT2D eigenvalue weighted by molar-refractivity contribution is -0.137. The number of ether oxygens (including phenoxy) is 1. The van der Waals surface area contributed by atoms with Gasteiger partial charge < -0.3 is 15.4 Å². The van der Waals surface area contributed by atoms with E-state index >= 15 is 0 Å². The molecule has 33 heavy (non-hydrogen) atoms. The van der Waals surface area contributed by atoms with Crippen LogP contribution in [0.3, 0.4) is 0 Å². The predicted octanol–water partition coefficient (Wildman–Crippen LogP) is 7.50. The van der Waals surface area contributed by atoms with E-state index < -0.39 is 11.7 Å². The number of benzene rings is 2. The van der Waals surface area contributed by atoms with Crippen molar-refractivity contribution in [1.82, 2.24) is 9.97 Å². The van der Waals surface area contributed by atoms with E-state index in [9.17, 15) is 13.2 Å². The van der Waals surface area contributed by atoms with E-state index in [2.05, 4.69) is 34.4 Å². The number of aryl methyl sites for hydroxylation is 1. The first-order chi connectivity index (χ1) is 15.9. The Labute approximate surface area is 192 Å². The van der Waals surface area contributed by atoms with Crippen molar-refractivity contribution >= 4 is 23.1 Å². The van der Waals surface area contributed by atoms with E-state index in [4.69, 9.17) is 4.74 Å². The molecule has 0 aliphatic carbocycles. The fourth-order valence-corrected chi connectivity index (χ4v) is 3.16. The van der Waals surface area contributed by atoms with E-state index in [1.165, 1.54) is 0 Å². The SMILES string of the molecule is CCCCOc1ccc(Nc2ncc(C(F)(F)F)c(Nc3cccc(CCCC)c3)n2)cc1. The minimum Gasteiger partial charge on any atom is -0.494 e. The Morgan fingerprint density at radius 2 is 1.67 bits per heavy atom. The van der Waals surface area contributed by atoms with Gasteiger partial charge in [0.05, 0.1) is 6.61 Å². The van der Waals surface area contributed by atoms with E-state index in [-0.39, 0.29) is 11.8 Å². The second-order valence-corrected chi connectivity index (χ2v) is 7.73. The molecule has 0 saturated carbocycles. The van der Waals surface area contributed by atoms with Crippen LogP contribution in [-0.4, -0.2) is 16.6 Å². The summed E-state index contributed by atoms with van der Waals surface area (Å²) in [6, 6.07) is 14.5. The first-order valence-electron chi connectivity index (χ1n) is 11.2. The van der Waals surface area contributed by atoms with Gasteiger partial charge in [-0.15, -0.1) is 0 Å². The third kappa shape index (κ3) is 7.37. The summed E-state index contributed by atoms with van der Waals surface area (Å²) < 4.78 is 46.3. The number of alkyl halides is 3. The molecule has 1 aromatic heterocycles. The molecular weight excluding hydrogens is 429 g/mol. The third-order valence-electron chi connectivity index (χ3n) is 4.98. The monoisotopic (exact) mass is 458 g/mol. The fraction of sp³-hybridized carbons (Fsp3) is 0.360. The highest BCUT2D eigenvalue weighted by Crippen LogP contribution is 2.35. The Bertz CT molecular complexity index is 1020. The van der Waals surface area contributed by atoms with E-state index in [0.29, 0.717) is 18.0 Å². The predicted molar refractivity (Wildman–Crippen MR) is 125 cm³/mol. The van der Waals surface area contributed by atoms with Gasteiger partial charge in [-0.2, -0.15) is 18.2 Å². The van der Waals surface area contributed by atoms with Crippen molar-refractivity contribution in [2.45, 2.75) is 52.1 Å². The van der Waals surface area contributed by atoms with Gasteiger partial charge in [0.1, 0.15) is 17.1 Å². The second-order valence-electron chi connectivity index (χ2n) is 7.73. The van der Waals surface area contributed by atoms with Crippen LogP contribution in [0.1, 0.15) is 50.7 Å². The van der Waals surface area contributed by atoms with Gasteiger partial charge >= 0.3 is 6.18 Å². The van der Waals surface area contributed by atoms with Gasteiger partial charge in [0.2, 0.25) is 5.95 Å².